The van der Waals surface area contributed by atoms with Crippen molar-refractivity contribution in [3.63, 3.8) is 0 Å². The molecule has 0 bridgehead atoms. The Morgan fingerprint density at radius 3 is 1.12 bits per heavy atom. The lowest BCUT2D eigenvalue weighted by Crippen LogP contribution is -2.41. The lowest BCUT2D eigenvalue weighted by molar-refractivity contribution is 0.0298. The number of benzene rings is 4. The van der Waals surface area contributed by atoms with Crippen LogP contribution in [-0.4, -0.2) is 109 Å². The van der Waals surface area contributed by atoms with E-state index in [0.29, 0.717) is 162 Å². The Morgan fingerprint density at radius 1 is 0.477 bits per heavy atom. The minimum atomic E-state index is -0.107. The van der Waals surface area contributed by atoms with E-state index in [1.165, 1.54) is 6.82 Å². The van der Waals surface area contributed by atoms with Crippen LogP contribution in [0.5, 0.6) is 23.0 Å². The predicted octanol–water partition coefficient (Wildman–Crippen LogP) is 24.5. The van der Waals surface area contributed by atoms with Crippen LogP contribution in [0.15, 0.2) is 136 Å². The number of hydrogen-bond acceptors (Lipinski definition) is 11. The number of morpholine rings is 1. The van der Waals surface area contributed by atoms with Crippen LogP contribution >= 0.6 is 141 Å². The van der Waals surface area contributed by atoms with Gasteiger partial charge < -0.3 is 34.3 Å². The molecule has 1 aliphatic rings. The number of amides is 1. The number of pyridine rings is 4. The van der Waals surface area contributed by atoms with Crippen molar-refractivity contribution in [2.24, 2.45) is 29.4 Å². The van der Waals surface area contributed by atoms with E-state index in [0.717, 1.165) is 99.5 Å². The predicted molar refractivity (Wildman–Crippen MR) is 458 cm³/mol. The second-order valence-electron chi connectivity index (χ2n) is 26.7. The van der Waals surface area contributed by atoms with Crippen LogP contribution in [0.1, 0.15) is 96.4 Å². The van der Waals surface area contributed by atoms with Gasteiger partial charge in [-0.1, -0.05) is 193 Å². The molecular formula is C80H81BBr3Cl8N11O6. The third-order valence-corrected chi connectivity index (χ3v) is 20.8. The summed E-state index contributed by atoms with van der Waals surface area (Å²) < 4.78 is 39.9. The second kappa shape index (κ2) is 39.8. The summed E-state index contributed by atoms with van der Waals surface area (Å²) in [7, 11) is 4.50. The molecule has 1 aliphatic heterocycles. The summed E-state index contributed by atoms with van der Waals surface area (Å²) in [5, 5.41) is 4.52. The number of halogens is 11. The maximum atomic E-state index is 13.3. The number of carbonyl (C=O) groups excluding carboxylic acids is 1. The van der Waals surface area contributed by atoms with Gasteiger partial charge in [-0.05, 0) is 138 Å². The number of rotatable bonds is 20. The van der Waals surface area contributed by atoms with Gasteiger partial charge in [0.05, 0.1) is 78.8 Å². The monoisotopic (exact) mass is 1820 g/mol. The van der Waals surface area contributed by atoms with Gasteiger partial charge in [0.1, 0.15) is 19.5 Å². The van der Waals surface area contributed by atoms with E-state index in [-0.39, 0.29) is 12.5 Å². The fourth-order valence-corrected chi connectivity index (χ4v) is 14.9. The van der Waals surface area contributed by atoms with E-state index in [1.54, 1.807) is 76.6 Å². The molecule has 0 saturated carbocycles. The molecule has 0 unspecified atom stereocenters. The Morgan fingerprint density at radius 2 is 0.780 bits per heavy atom. The molecule has 2 radical (unpaired) electrons. The largest absolute Gasteiger partial charge is 0.501 e. The van der Waals surface area contributed by atoms with Crippen molar-refractivity contribution in [2.75, 3.05) is 52.7 Å². The Bertz CT molecular complexity index is 5120. The fourth-order valence-electron chi connectivity index (χ4n) is 11.8. The van der Waals surface area contributed by atoms with Crippen LogP contribution in [0, 0.1) is 30.2 Å². The first kappa shape index (κ1) is 86.5. The van der Waals surface area contributed by atoms with Gasteiger partial charge >= 0.3 is 0 Å². The average molecular weight is 1830 g/mol. The zero-order valence-electron chi connectivity index (χ0n) is 61.9. The molecule has 9 heterocycles. The van der Waals surface area contributed by atoms with Gasteiger partial charge in [0.15, 0.2) is 45.6 Å². The van der Waals surface area contributed by atoms with Crippen LogP contribution in [0.4, 0.5) is 5.69 Å². The number of nitrogens with zero attached hydrogens (tertiary/aromatic N) is 10. The van der Waals surface area contributed by atoms with E-state index >= 15 is 0 Å². The molecule has 0 aliphatic carbocycles. The first-order valence-electron chi connectivity index (χ1n) is 35.1. The Hall–Kier alpha value is -6.46. The average Bonchev–Trinajstić information content (AvgIpc) is 1.67. The fraction of sp³-hybridized carbons (Fsp3) is 0.325. The highest BCUT2D eigenvalue weighted by Crippen LogP contribution is 2.47. The van der Waals surface area contributed by atoms with Crippen molar-refractivity contribution in [1.82, 2.24) is 42.4 Å². The van der Waals surface area contributed by atoms with Crippen molar-refractivity contribution in [3.8, 4) is 67.5 Å². The summed E-state index contributed by atoms with van der Waals surface area (Å²) in [5.74, 6) is 3.99. The number of hydrogen-bond donors (Lipinski definition) is 1. The third kappa shape index (κ3) is 20.5. The molecule has 12 aromatic rings. The molecule has 0 spiro atoms. The summed E-state index contributed by atoms with van der Waals surface area (Å²) in [6.45, 7) is 34.7. The first-order valence-corrected chi connectivity index (χ1v) is 40.5. The maximum Gasteiger partial charge on any atom is 0.272 e. The highest BCUT2D eigenvalue weighted by Gasteiger charge is 2.28. The molecule has 1 saturated heterocycles. The van der Waals surface area contributed by atoms with E-state index in [9.17, 15) is 4.79 Å². The molecule has 2 N–H and O–H groups in total. The van der Waals surface area contributed by atoms with Gasteiger partial charge in [-0.3, -0.25) is 22.4 Å². The van der Waals surface area contributed by atoms with Gasteiger partial charge in [0, 0.05) is 140 Å². The normalized spacial score (nSPS) is 12.1. The van der Waals surface area contributed by atoms with E-state index in [2.05, 4.69) is 150 Å². The van der Waals surface area contributed by atoms with Gasteiger partial charge in [-0.25, -0.2) is 24.8 Å². The maximum absolute atomic E-state index is 13.3. The number of imidazole rings is 4. The molecule has 29 heteroatoms. The Balaban J connectivity index is 0.000000167. The van der Waals surface area contributed by atoms with Crippen molar-refractivity contribution in [2.45, 2.75) is 95.4 Å². The number of carbonyl (C=O) groups is 1. The van der Waals surface area contributed by atoms with Crippen LogP contribution in [0.2, 0.25) is 47.0 Å². The minimum absolute atomic E-state index is 0.107. The van der Waals surface area contributed by atoms with Gasteiger partial charge in [-0.15, -0.1) is 0 Å². The van der Waals surface area contributed by atoms with Crippen molar-refractivity contribution < 1.29 is 28.5 Å². The summed E-state index contributed by atoms with van der Waals surface area (Å²) in [6.07, 6.45) is 16.2. The van der Waals surface area contributed by atoms with Crippen molar-refractivity contribution in [1.29, 1.82) is 0 Å². The van der Waals surface area contributed by atoms with E-state index in [1.807, 2.05) is 68.3 Å². The summed E-state index contributed by atoms with van der Waals surface area (Å²) in [5.41, 5.74) is 19.5. The standard InChI is InChI=1S/C23H26Cl2N4O3.2C19H19BrCl2N2O.C18H14BrCl2N3O.CH3B/c1-14(2)13-32-21-17(10-26)18(16-4-3-15(24)9-19(16)25)12-29-20(11-27-22(21)29)23(30)28-5-7-31-8-6-28;2*1-4-13-15(14-6-5-12(21)7-16(14)22)9-24-17(20)8-23-19(24)18(13)25-10-11(2)3;1-10(2)9-25-17-16(22-3)13(8-24-15(19)7-23-18(17)24)12-5-4-11(20)6-14(12)21;1-2/h3-4,9,11-12,14H,5-8,10,13,26H2,1-2H3;2*5-9,11H,4,10H2,1-3H3;4-8,10H,9H2,1-2H3;1H3. The van der Waals surface area contributed by atoms with Crippen LogP contribution < -0.4 is 24.7 Å². The number of nitrogens with two attached hydrogens (primary N) is 1. The Kier molecular flexibility index (Phi) is 31.6. The number of ether oxygens (including phenoxy) is 5. The summed E-state index contributed by atoms with van der Waals surface area (Å²) in [6, 6.07) is 21.6. The van der Waals surface area contributed by atoms with Gasteiger partial charge in [0.25, 0.3) is 5.91 Å². The highest BCUT2D eigenvalue weighted by molar-refractivity contribution is 9.11. The second-order valence-corrected chi connectivity index (χ2v) is 32.5. The molecule has 572 valence electrons. The SMILES string of the molecule is CC(C)COc1c(CN)c(-c2ccc(Cl)cc2Cl)cn2c(C(=O)N3CCOCC3)cnc12.CCc1c(-c2ccc(Cl)cc2Cl)cn2c(Br)cnc2c1OCC(C)C.CCc1c(-c2ccc(Cl)cc2Cl)cn2c(Br)cnc2c1OCC(C)C.[B]C.[C-]#[N+]c1c(-c2ccc(Cl)cc2Cl)cn2c(Br)cnc2c1OCC(C)C. The van der Waals surface area contributed by atoms with Crippen LogP contribution in [0.3, 0.4) is 0 Å². The lowest BCUT2D eigenvalue weighted by Gasteiger charge is -2.26. The summed E-state index contributed by atoms with van der Waals surface area (Å²) in [4.78, 5) is 36.7. The van der Waals surface area contributed by atoms with Crippen molar-refractivity contribution >= 4 is 183 Å². The van der Waals surface area contributed by atoms with Crippen LogP contribution in [-0.2, 0) is 24.1 Å². The topological polar surface area (TPSA) is 166 Å². The van der Waals surface area contributed by atoms with Gasteiger partial charge in [-0.2, -0.15) is 0 Å². The molecule has 1 fully saturated rings. The number of aromatic nitrogens is 8. The molecule has 4 aromatic carbocycles. The first-order chi connectivity index (χ1) is 52.2. The zero-order chi connectivity index (χ0) is 79.2. The molecule has 8 aromatic heterocycles. The molecule has 1 amide bonds. The van der Waals surface area contributed by atoms with Crippen molar-refractivity contribution in [3.05, 3.63) is 210 Å². The van der Waals surface area contributed by atoms with Gasteiger partial charge in [0.2, 0.25) is 5.69 Å². The minimum Gasteiger partial charge on any atom is -0.501 e. The summed E-state index contributed by atoms with van der Waals surface area (Å²) >= 11 is 60.7. The highest BCUT2D eigenvalue weighted by atomic mass is 79.9. The molecular weight excluding hydrogens is 1750 g/mol. The van der Waals surface area contributed by atoms with E-state index < -0.39 is 0 Å². The third-order valence-electron chi connectivity index (χ3n) is 16.8. The smallest absolute Gasteiger partial charge is 0.272 e. The zero-order valence-corrected chi connectivity index (χ0v) is 72.7. The molecule has 109 heavy (non-hydrogen) atoms. The molecule has 17 nitrogen and oxygen atoms in total. The molecule has 0 atom stereocenters. The Labute approximate surface area is 702 Å². The van der Waals surface area contributed by atoms with Crippen LogP contribution in [0.25, 0.3) is 71.9 Å². The lowest BCUT2D eigenvalue weighted by atomic mass is 9.99. The quantitative estimate of drug-likeness (QED) is 0.0570. The van der Waals surface area contributed by atoms with E-state index in [4.69, 9.17) is 129 Å². The molecule has 13 rings (SSSR count). The number of fused-ring (bicyclic) bond motifs is 4.